The summed E-state index contributed by atoms with van der Waals surface area (Å²) in [5.41, 5.74) is 4.42. The van der Waals surface area contributed by atoms with Crippen LogP contribution in [0.2, 0.25) is 5.02 Å². The molecule has 0 aliphatic carbocycles. The highest BCUT2D eigenvalue weighted by Gasteiger charge is 2.34. The number of aliphatic hydroxyl groups is 1. The van der Waals surface area contributed by atoms with E-state index >= 15 is 0 Å². The number of allylic oxidation sites excluding steroid dienone is 1. The van der Waals surface area contributed by atoms with Crippen molar-refractivity contribution in [3.05, 3.63) is 106 Å². The van der Waals surface area contributed by atoms with Crippen molar-refractivity contribution in [2.24, 2.45) is 0 Å². The Morgan fingerprint density at radius 3 is 2.24 bits per heavy atom. The van der Waals surface area contributed by atoms with Crippen LogP contribution in [0, 0.1) is 0 Å². The molecule has 3 aromatic rings. The van der Waals surface area contributed by atoms with Crippen molar-refractivity contribution < 1.29 is 14.7 Å². The Labute approximate surface area is 223 Å². The number of likely N-dealkylation sites (tertiary alicyclic amines) is 1. The van der Waals surface area contributed by atoms with Gasteiger partial charge in [0.25, 0.3) is 5.91 Å². The Kier molecular flexibility index (Phi) is 7.56. The maximum Gasteiger partial charge on any atom is 0.259 e. The van der Waals surface area contributed by atoms with Crippen molar-refractivity contribution in [3.63, 3.8) is 0 Å². The van der Waals surface area contributed by atoms with E-state index in [9.17, 15) is 14.7 Å². The maximum atomic E-state index is 13.3. The van der Waals surface area contributed by atoms with Crippen molar-refractivity contribution in [3.8, 4) is 0 Å². The molecular formula is C31H31ClN2O3. The molecule has 2 aliphatic rings. The molecule has 5 rings (SSSR count). The van der Waals surface area contributed by atoms with Crippen molar-refractivity contribution >= 4 is 35.1 Å². The van der Waals surface area contributed by atoms with Crippen molar-refractivity contribution in [2.75, 3.05) is 31.1 Å². The third kappa shape index (κ3) is 5.26. The van der Waals surface area contributed by atoms with Gasteiger partial charge in [0.2, 0.25) is 0 Å². The first-order chi connectivity index (χ1) is 18.0. The van der Waals surface area contributed by atoms with Crippen LogP contribution in [-0.2, 0) is 10.4 Å². The summed E-state index contributed by atoms with van der Waals surface area (Å²) in [6, 6.07) is 23.0. The zero-order chi connectivity index (χ0) is 25.8. The molecule has 1 saturated heterocycles. The van der Waals surface area contributed by atoms with Gasteiger partial charge in [0, 0.05) is 29.2 Å². The van der Waals surface area contributed by atoms with Crippen LogP contribution in [0.25, 0.3) is 5.57 Å². The number of halogens is 1. The number of piperidine rings is 1. The minimum Gasteiger partial charge on any atom is -0.385 e. The Hall–Kier alpha value is -3.25. The molecule has 6 heteroatoms. The fourth-order valence-electron chi connectivity index (χ4n) is 5.47. The molecule has 1 amide bonds. The van der Waals surface area contributed by atoms with Crippen molar-refractivity contribution in [1.29, 1.82) is 0 Å². The summed E-state index contributed by atoms with van der Waals surface area (Å²) < 4.78 is 0. The van der Waals surface area contributed by atoms with Gasteiger partial charge in [-0.3, -0.25) is 4.79 Å². The first-order valence-corrected chi connectivity index (χ1v) is 13.2. The van der Waals surface area contributed by atoms with Gasteiger partial charge in [-0.15, -0.1) is 0 Å². The number of hydrogen-bond acceptors (Lipinski definition) is 4. The molecule has 1 N–H and O–H groups in total. The number of aldehydes is 1. The van der Waals surface area contributed by atoms with E-state index in [1.165, 1.54) is 0 Å². The lowest BCUT2D eigenvalue weighted by Gasteiger charge is -2.38. The Morgan fingerprint density at radius 2 is 1.54 bits per heavy atom. The summed E-state index contributed by atoms with van der Waals surface area (Å²) >= 11 is 6.01. The van der Waals surface area contributed by atoms with Crippen LogP contribution in [0.1, 0.15) is 52.7 Å². The molecule has 190 valence electrons. The second kappa shape index (κ2) is 11.0. The van der Waals surface area contributed by atoms with Crippen LogP contribution >= 0.6 is 11.6 Å². The van der Waals surface area contributed by atoms with Crippen LogP contribution in [0.5, 0.6) is 0 Å². The number of anilines is 1. The minimum atomic E-state index is -0.795. The Balaban J connectivity index is 1.29. The molecule has 0 unspecified atom stereocenters. The van der Waals surface area contributed by atoms with Crippen LogP contribution in [0.4, 0.5) is 5.69 Å². The standard InChI is InChI=1S/C31H31ClN2O3/c32-24-14-12-23(13-15-24)31(37)16-19-33(20-17-31)18-6-5-8-25-26-7-1-2-10-28(26)30(36)34(21-22-35)29-11-4-3-9-27(25)29/h1-4,7-15,22,37H,5-6,16-21H2/b25-8-. The van der Waals surface area contributed by atoms with Crippen LogP contribution in [0.3, 0.4) is 0 Å². The van der Waals surface area contributed by atoms with Gasteiger partial charge in [0.05, 0.1) is 17.8 Å². The zero-order valence-corrected chi connectivity index (χ0v) is 21.5. The fourth-order valence-corrected chi connectivity index (χ4v) is 5.60. The summed E-state index contributed by atoms with van der Waals surface area (Å²) in [6.45, 7) is 2.65. The molecular weight excluding hydrogens is 484 g/mol. The van der Waals surface area contributed by atoms with Gasteiger partial charge in [-0.05, 0) is 73.2 Å². The van der Waals surface area contributed by atoms with Crippen LogP contribution < -0.4 is 4.90 Å². The van der Waals surface area contributed by atoms with E-state index in [-0.39, 0.29) is 12.5 Å². The Bertz CT molecular complexity index is 1310. The third-order valence-corrected chi connectivity index (χ3v) is 7.78. The summed E-state index contributed by atoms with van der Waals surface area (Å²) in [5.74, 6) is -0.153. The lowest BCUT2D eigenvalue weighted by Crippen LogP contribution is -2.42. The third-order valence-electron chi connectivity index (χ3n) is 7.53. The van der Waals surface area contributed by atoms with E-state index in [1.807, 2.05) is 72.8 Å². The number of nitrogens with zero attached hydrogens (tertiary/aromatic N) is 2. The number of fused-ring (bicyclic) bond motifs is 2. The number of carbonyl (C=O) groups excluding carboxylic acids is 2. The fraction of sp³-hybridized carbons (Fsp3) is 0.290. The lowest BCUT2D eigenvalue weighted by molar-refractivity contribution is -0.106. The topological polar surface area (TPSA) is 60.9 Å². The number of benzene rings is 3. The normalized spacial score (nSPS) is 18.3. The van der Waals surface area contributed by atoms with Gasteiger partial charge in [-0.25, -0.2) is 0 Å². The molecule has 2 heterocycles. The predicted molar refractivity (Wildman–Crippen MR) is 148 cm³/mol. The average molecular weight is 515 g/mol. The lowest BCUT2D eigenvalue weighted by atomic mass is 9.84. The van der Waals surface area contributed by atoms with E-state index < -0.39 is 5.60 Å². The van der Waals surface area contributed by atoms with E-state index in [1.54, 1.807) is 4.90 Å². The molecule has 5 nitrogen and oxygen atoms in total. The minimum absolute atomic E-state index is 0.0226. The first kappa shape index (κ1) is 25.4. The molecule has 0 spiro atoms. The molecule has 3 aromatic carbocycles. The molecule has 1 fully saturated rings. The first-order valence-electron chi connectivity index (χ1n) is 12.9. The largest absolute Gasteiger partial charge is 0.385 e. The SMILES string of the molecule is O=CCN1C(=O)c2ccccc2/C(=C/CCCN2CCC(O)(c3ccc(Cl)cc3)CC2)c2ccccc21. The summed E-state index contributed by atoms with van der Waals surface area (Å²) in [6.07, 6.45) is 6.23. The molecule has 37 heavy (non-hydrogen) atoms. The molecule has 0 bridgehead atoms. The molecule has 0 aromatic heterocycles. The Morgan fingerprint density at radius 1 is 0.892 bits per heavy atom. The highest BCUT2D eigenvalue weighted by atomic mass is 35.5. The van der Waals surface area contributed by atoms with E-state index in [0.717, 1.165) is 66.7 Å². The summed E-state index contributed by atoms with van der Waals surface area (Å²) in [4.78, 5) is 28.7. The monoisotopic (exact) mass is 514 g/mol. The van der Waals surface area contributed by atoms with E-state index in [4.69, 9.17) is 11.6 Å². The van der Waals surface area contributed by atoms with Crippen molar-refractivity contribution in [1.82, 2.24) is 4.90 Å². The van der Waals surface area contributed by atoms with Gasteiger partial charge in [0.15, 0.2) is 0 Å². The van der Waals surface area contributed by atoms with Gasteiger partial charge < -0.3 is 19.7 Å². The number of carbonyl (C=O) groups is 2. The van der Waals surface area contributed by atoms with Gasteiger partial charge >= 0.3 is 0 Å². The smallest absolute Gasteiger partial charge is 0.259 e. The maximum absolute atomic E-state index is 13.3. The van der Waals surface area contributed by atoms with Crippen molar-refractivity contribution in [2.45, 2.75) is 31.3 Å². The second-order valence-electron chi connectivity index (χ2n) is 9.79. The number of unbranched alkanes of at least 4 members (excludes halogenated alkanes) is 1. The average Bonchev–Trinajstić information content (AvgIpc) is 3.02. The second-order valence-corrected chi connectivity index (χ2v) is 10.2. The van der Waals surface area contributed by atoms with Crippen LogP contribution in [-0.4, -0.2) is 48.4 Å². The molecule has 0 atom stereocenters. The molecule has 0 saturated carbocycles. The van der Waals surface area contributed by atoms with Gasteiger partial charge in [0.1, 0.15) is 6.29 Å². The number of hydrogen-bond donors (Lipinski definition) is 1. The quantitative estimate of drug-likeness (QED) is 0.325. The summed E-state index contributed by atoms with van der Waals surface area (Å²) in [5, 5.41) is 11.8. The summed E-state index contributed by atoms with van der Waals surface area (Å²) in [7, 11) is 0. The predicted octanol–water partition coefficient (Wildman–Crippen LogP) is 5.69. The van der Waals surface area contributed by atoms with Gasteiger partial charge in [-0.2, -0.15) is 0 Å². The van der Waals surface area contributed by atoms with Crippen LogP contribution in [0.15, 0.2) is 78.9 Å². The zero-order valence-electron chi connectivity index (χ0n) is 20.8. The molecule has 2 aliphatic heterocycles. The van der Waals surface area contributed by atoms with E-state index in [2.05, 4.69) is 11.0 Å². The highest BCUT2D eigenvalue weighted by Crippen LogP contribution is 2.38. The number of rotatable bonds is 7. The molecule has 0 radical (unpaired) electrons. The van der Waals surface area contributed by atoms with Gasteiger partial charge in [-0.1, -0.05) is 66.2 Å². The van der Waals surface area contributed by atoms with E-state index in [0.29, 0.717) is 23.4 Å². The number of amides is 1. The number of para-hydroxylation sites is 1. The highest BCUT2D eigenvalue weighted by molar-refractivity contribution is 6.30.